The Balaban J connectivity index is 2.09. The van der Waals surface area contributed by atoms with Gasteiger partial charge in [-0.3, -0.25) is 0 Å². The van der Waals surface area contributed by atoms with Crippen LogP contribution in [-0.4, -0.2) is 16.5 Å². The molecule has 0 unspecified atom stereocenters. The summed E-state index contributed by atoms with van der Waals surface area (Å²) in [5.41, 5.74) is 1.89. The second-order valence-electron chi connectivity index (χ2n) is 4.47. The van der Waals surface area contributed by atoms with E-state index in [-0.39, 0.29) is 11.5 Å². The second kappa shape index (κ2) is 4.73. The van der Waals surface area contributed by atoms with Gasteiger partial charge in [0.25, 0.3) is 0 Å². The molecule has 0 bridgehead atoms. The van der Waals surface area contributed by atoms with Crippen molar-refractivity contribution in [3.63, 3.8) is 0 Å². The molecule has 3 nitrogen and oxygen atoms in total. The van der Waals surface area contributed by atoms with Gasteiger partial charge in [-0.15, -0.1) is 13.2 Å². The Bertz CT molecular complexity index is 793. The topological polar surface area (TPSA) is 45.2 Å². The van der Waals surface area contributed by atoms with Gasteiger partial charge in [0.1, 0.15) is 11.5 Å². The van der Waals surface area contributed by atoms with Crippen molar-refractivity contribution in [1.82, 2.24) is 4.98 Å². The fourth-order valence-corrected chi connectivity index (χ4v) is 2.24. The van der Waals surface area contributed by atoms with Gasteiger partial charge < -0.3 is 14.8 Å². The lowest BCUT2D eigenvalue weighted by Gasteiger charge is -2.11. The quantitative estimate of drug-likeness (QED) is 0.733. The summed E-state index contributed by atoms with van der Waals surface area (Å²) in [6, 6.07) is 10.5. The van der Waals surface area contributed by atoms with Crippen molar-refractivity contribution in [2.75, 3.05) is 0 Å². The first-order chi connectivity index (χ1) is 9.94. The van der Waals surface area contributed by atoms with E-state index in [1.54, 1.807) is 24.4 Å². The number of hydrogen-bond acceptors (Lipinski definition) is 2. The fourth-order valence-electron chi connectivity index (χ4n) is 2.24. The number of ether oxygens (including phenoxy) is 1. The van der Waals surface area contributed by atoms with Crippen LogP contribution in [-0.2, 0) is 0 Å². The van der Waals surface area contributed by atoms with E-state index in [0.29, 0.717) is 22.0 Å². The van der Waals surface area contributed by atoms with Crippen molar-refractivity contribution in [2.45, 2.75) is 6.36 Å². The van der Waals surface area contributed by atoms with E-state index in [2.05, 4.69) is 9.72 Å². The number of halogens is 3. The van der Waals surface area contributed by atoms with Crippen LogP contribution in [0.4, 0.5) is 13.2 Å². The highest BCUT2D eigenvalue weighted by Gasteiger charge is 2.31. The molecule has 1 aromatic heterocycles. The summed E-state index contributed by atoms with van der Waals surface area (Å²) >= 11 is 0. The molecule has 0 amide bonds. The molecule has 21 heavy (non-hydrogen) atoms. The average Bonchev–Trinajstić information content (AvgIpc) is 2.87. The number of H-pyrrole nitrogens is 1. The highest BCUT2D eigenvalue weighted by Crippen LogP contribution is 2.35. The smallest absolute Gasteiger partial charge is 0.507 e. The fraction of sp³-hybridized carbons (Fsp3) is 0.0667. The third kappa shape index (κ3) is 2.65. The second-order valence-corrected chi connectivity index (χ2v) is 4.47. The lowest BCUT2D eigenvalue weighted by atomic mass is 10.0. The summed E-state index contributed by atoms with van der Waals surface area (Å²) < 4.78 is 40.7. The van der Waals surface area contributed by atoms with E-state index in [1.807, 2.05) is 0 Å². The van der Waals surface area contributed by atoms with Crippen LogP contribution in [0, 0.1) is 0 Å². The van der Waals surface area contributed by atoms with Crippen molar-refractivity contribution in [3.05, 3.63) is 48.7 Å². The minimum atomic E-state index is -4.73. The number of aromatic amines is 1. The molecule has 0 aliphatic heterocycles. The van der Waals surface area contributed by atoms with Crippen LogP contribution in [0.2, 0.25) is 0 Å². The molecule has 2 N–H and O–H groups in total. The molecule has 0 aliphatic rings. The summed E-state index contributed by atoms with van der Waals surface area (Å²) in [7, 11) is 0. The van der Waals surface area contributed by atoms with Crippen molar-refractivity contribution in [3.8, 4) is 22.6 Å². The van der Waals surface area contributed by atoms with E-state index < -0.39 is 6.36 Å². The highest BCUT2D eigenvalue weighted by molar-refractivity contribution is 5.97. The van der Waals surface area contributed by atoms with Crippen LogP contribution in [0.25, 0.3) is 22.0 Å². The number of fused-ring (bicyclic) bond motifs is 1. The number of hydrogen-bond donors (Lipinski definition) is 2. The number of phenols is 1. The molecule has 0 saturated heterocycles. The SMILES string of the molecule is Oc1ccc(-c2cccc(OC(F)(F)F)c2)c2[nH]ccc12. The van der Waals surface area contributed by atoms with Crippen molar-refractivity contribution >= 4 is 10.9 Å². The van der Waals surface area contributed by atoms with Crippen molar-refractivity contribution < 1.29 is 23.0 Å². The van der Waals surface area contributed by atoms with Crippen molar-refractivity contribution in [1.29, 1.82) is 0 Å². The standard InChI is InChI=1S/C15H10F3NO2/c16-15(17,18)21-10-3-1-2-9(8-10)11-4-5-13(20)12-6-7-19-14(11)12/h1-8,19-20H. The molecule has 0 saturated carbocycles. The molecule has 6 heteroatoms. The number of rotatable bonds is 2. The Morgan fingerprint density at radius 3 is 2.62 bits per heavy atom. The van der Waals surface area contributed by atoms with Crippen LogP contribution in [0.1, 0.15) is 0 Å². The van der Waals surface area contributed by atoms with Gasteiger partial charge >= 0.3 is 6.36 Å². The number of alkyl halides is 3. The summed E-state index contributed by atoms with van der Waals surface area (Å²) in [4.78, 5) is 2.97. The minimum Gasteiger partial charge on any atom is -0.507 e. The van der Waals surface area contributed by atoms with E-state index in [9.17, 15) is 18.3 Å². The molecule has 3 rings (SSSR count). The predicted octanol–water partition coefficient (Wildman–Crippen LogP) is 4.44. The molecule has 0 radical (unpaired) electrons. The summed E-state index contributed by atoms with van der Waals surface area (Å²) in [6.45, 7) is 0. The Morgan fingerprint density at radius 1 is 1.05 bits per heavy atom. The van der Waals surface area contributed by atoms with Crippen LogP contribution >= 0.6 is 0 Å². The zero-order chi connectivity index (χ0) is 15.0. The number of aromatic nitrogens is 1. The number of nitrogens with one attached hydrogen (secondary N) is 1. The van der Waals surface area contributed by atoms with Crippen LogP contribution < -0.4 is 4.74 Å². The van der Waals surface area contributed by atoms with E-state index in [1.165, 1.54) is 24.3 Å². The van der Waals surface area contributed by atoms with Gasteiger partial charge in [-0.25, -0.2) is 0 Å². The number of aromatic hydroxyl groups is 1. The third-order valence-corrected chi connectivity index (χ3v) is 3.08. The molecule has 0 spiro atoms. The first kappa shape index (κ1) is 13.4. The Hall–Kier alpha value is -2.63. The zero-order valence-electron chi connectivity index (χ0n) is 10.6. The number of benzene rings is 2. The van der Waals surface area contributed by atoms with Crippen LogP contribution in [0.3, 0.4) is 0 Å². The van der Waals surface area contributed by atoms with Gasteiger partial charge in [-0.1, -0.05) is 12.1 Å². The lowest BCUT2D eigenvalue weighted by molar-refractivity contribution is -0.274. The largest absolute Gasteiger partial charge is 0.573 e. The normalized spacial score (nSPS) is 11.8. The van der Waals surface area contributed by atoms with E-state index in [0.717, 1.165) is 0 Å². The lowest BCUT2D eigenvalue weighted by Crippen LogP contribution is -2.17. The van der Waals surface area contributed by atoms with Crippen LogP contribution in [0.5, 0.6) is 11.5 Å². The Morgan fingerprint density at radius 2 is 1.86 bits per heavy atom. The van der Waals surface area contributed by atoms with Gasteiger partial charge in [-0.2, -0.15) is 0 Å². The molecule has 0 aliphatic carbocycles. The van der Waals surface area contributed by atoms with E-state index >= 15 is 0 Å². The van der Waals surface area contributed by atoms with Crippen LogP contribution in [0.15, 0.2) is 48.7 Å². The van der Waals surface area contributed by atoms with Gasteiger partial charge in [0.2, 0.25) is 0 Å². The molecule has 108 valence electrons. The molecule has 1 heterocycles. The monoisotopic (exact) mass is 293 g/mol. The maximum atomic E-state index is 12.3. The highest BCUT2D eigenvalue weighted by atomic mass is 19.4. The number of phenolic OH excluding ortho intramolecular Hbond substituents is 1. The van der Waals surface area contributed by atoms with Gasteiger partial charge in [0.05, 0.1) is 5.52 Å². The van der Waals surface area contributed by atoms with Gasteiger partial charge in [0, 0.05) is 17.1 Å². The first-order valence-corrected chi connectivity index (χ1v) is 6.09. The van der Waals surface area contributed by atoms with Gasteiger partial charge in [0.15, 0.2) is 0 Å². The van der Waals surface area contributed by atoms with E-state index in [4.69, 9.17) is 0 Å². The summed E-state index contributed by atoms with van der Waals surface area (Å²) in [5.74, 6) is -0.175. The maximum absolute atomic E-state index is 12.3. The zero-order valence-corrected chi connectivity index (χ0v) is 10.6. The average molecular weight is 293 g/mol. The molecule has 0 atom stereocenters. The van der Waals surface area contributed by atoms with Crippen molar-refractivity contribution in [2.24, 2.45) is 0 Å². The molecule has 0 fully saturated rings. The molecule has 2 aromatic carbocycles. The Kier molecular flexibility index (Phi) is 3.01. The first-order valence-electron chi connectivity index (χ1n) is 6.09. The molecular weight excluding hydrogens is 283 g/mol. The third-order valence-electron chi connectivity index (χ3n) is 3.08. The Labute approximate surface area is 117 Å². The maximum Gasteiger partial charge on any atom is 0.573 e. The van der Waals surface area contributed by atoms with Gasteiger partial charge in [-0.05, 0) is 35.9 Å². The predicted molar refractivity (Wildman–Crippen MR) is 72.1 cm³/mol. The summed E-state index contributed by atoms with van der Waals surface area (Å²) in [5, 5.41) is 10.4. The summed E-state index contributed by atoms with van der Waals surface area (Å²) in [6.07, 6.45) is -3.07. The molecule has 3 aromatic rings. The minimum absolute atomic E-state index is 0.109. The molecular formula is C15H10F3NO2.